The maximum absolute atomic E-state index is 4.92. The normalized spacial score (nSPS) is 11.3. The third-order valence-corrected chi connectivity index (χ3v) is 5.70. The second kappa shape index (κ2) is 8.62. The average Bonchev–Trinajstić information content (AvgIpc) is 3.42. The van der Waals surface area contributed by atoms with Crippen molar-refractivity contribution in [2.75, 3.05) is 6.54 Å². The fourth-order valence-electron chi connectivity index (χ4n) is 3.99. The number of aromatic nitrogens is 3. The number of para-hydroxylation sites is 2. The number of H-pyrrole nitrogens is 1. The maximum atomic E-state index is 4.92. The number of aromatic amines is 1. The van der Waals surface area contributed by atoms with Crippen LogP contribution in [0.2, 0.25) is 0 Å². The van der Waals surface area contributed by atoms with Gasteiger partial charge >= 0.3 is 0 Å². The summed E-state index contributed by atoms with van der Waals surface area (Å²) in [6.07, 6.45) is 5.25. The third kappa shape index (κ3) is 4.16. The molecule has 0 aliphatic carbocycles. The summed E-state index contributed by atoms with van der Waals surface area (Å²) in [5.41, 5.74) is 8.25. The Hall–Kier alpha value is -3.63. The number of rotatable bonds is 7. The summed E-state index contributed by atoms with van der Waals surface area (Å²) in [5.74, 6) is 0. The van der Waals surface area contributed by atoms with E-state index in [0.29, 0.717) is 0 Å². The number of nitrogens with one attached hydrogen (secondary N) is 2. The highest BCUT2D eigenvalue weighted by Gasteiger charge is 2.12. The SMILES string of the molecule is Cc1ccc(-c2nn(-c3ccccc3)cc2CNCCc2c[nH]c3ccccc23)cc1. The molecule has 31 heavy (non-hydrogen) atoms. The van der Waals surface area contributed by atoms with Crippen LogP contribution in [-0.2, 0) is 13.0 Å². The number of nitrogens with zero attached hydrogens (tertiary/aromatic N) is 2. The number of aryl methyl sites for hydroxylation is 1. The maximum Gasteiger partial charge on any atom is 0.0972 e. The van der Waals surface area contributed by atoms with Crippen molar-refractivity contribution in [3.63, 3.8) is 0 Å². The van der Waals surface area contributed by atoms with E-state index >= 15 is 0 Å². The van der Waals surface area contributed by atoms with Crippen LogP contribution >= 0.6 is 0 Å². The molecule has 0 bridgehead atoms. The molecule has 0 spiro atoms. The summed E-state index contributed by atoms with van der Waals surface area (Å²) in [7, 11) is 0. The van der Waals surface area contributed by atoms with E-state index in [2.05, 4.69) is 90.3 Å². The Morgan fingerprint density at radius 2 is 1.65 bits per heavy atom. The fourth-order valence-corrected chi connectivity index (χ4v) is 3.99. The van der Waals surface area contributed by atoms with E-state index in [1.54, 1.807) is 0 Å². The molecule has 0 radical (unpaired) electrons. The van der Waals surface area contributed by atoms with E-state index in [4.69, 9.17) is 5.10 Å². The predicted octanol–water partition coefficient (Wildman–Crippen LogP) is 5.66. The Morgan fingerprint density at radius 3 is 2.48 bits per heavy atom. The summed E-state index contributed by atoms with van der Waals surface area (Å²) < 4.78 is 1.98. The number of hydrogen-bond acceptors (Lipinski definition) is 2. The third-order valence-electron chi connectivity index (χ3n) is 5.70. The van der Waals surface area contributed by atoms with Crippen molar-refractivity contribution in [2.24, 2.45) is 0 Å². The molecule has 4 nitrogen and oxygen atoms in total. The van der Waals surface area contributed by atoms with Gasteiger partial charge in [0, 0.05) is 41.0 Å². The van der Waals surface area contributed by atoms with E-state index in [9.17, 15) is 0 Å². The molecule has 0 aliphatic rings. The van der Waals surface area contributed by atoms with Gasteiger partial charge in [-0.1, -0.05) is 66.2 Å². The number of fused-ring (bicyclic) bond motifs is 1. The van der Waals surface area contributed by atoms with Gasteiger partial charge in [-0.05, 0) is 43.7 Å². The standard InChI is InChI=1S/C27H26N4/c1-20-11-13-21(14-12-20)27-23(19-31(30-27)24-7-3-2-4-8-24)17-28-16-15-22-18-29-26-10-6-5-9-25(22)26/h2-14,18-19,28-29H,15-17H2,1H3. The van der Waals surface area contributed by atoms with Gasteiger partial charge in [0.1, 0.15) is 0 Å². The van der Waals surface area contributed by atoms with E-state index in [-0.39, 0.29) is 0 Å². The van der Waals surface area contributed by atoms with Crippen LogP contribution in [0, 0.1) is 6.92 Å². The molecule has 0 saturated carbocycles. The highest BCUT2D eigenvalue weighted by atomic mass is 15.3. The molecule has 154 valence electrons. The summed E-state index contributed by atoms with van der Waals surface area (Å²) in [4.78, 5) is 3.36. The first-order valence-electron chi connectivity index (χ1n) is 10.7. The second-order valence-corrected chi connectivity index (χ2v) is 7.94. The molecule has 2 aromatic heterocycles. The van der Waals surface area contributed by atoms with Crippen LogP contribution in [0.1, 0.15) is 16.7 Å². The number of hydrogen-bond donors (Lipinski definition) is 2. The molecule has 0 unspecified atom stereocenters. The topological polar surface area (TPSA) is 45.6 Å². The van der Waals surface area contributed by atoms with E-state index in [1.165, 1.54) is 27.6 Å². The largest absolute Gasteiger partial charge is 0.361 e. The van der Waals surface area contributed by atoms with E-state index < -0.39 is 0 Å². The Kier molecular flexibility index (Phi) is 5.38. The van der Waals surface area contributed by atoms with Gasteiger partial charge in [-0.2, -0.15) is 5.10 Å². The van der Waals surface area contributed by atoms with Gasteiger partial charge in [0.2, 0.25) is 0 Å². The first-order chi connectivity index (χ1) is 15.3. The minimum Gasteiger partial charge on any atom is -0.361 e. The summed E-state index contributed by atoms with van der Waals surface area (Å²) in [5, 5.41) is 9.85. The smallest absolute Gasteiger partial charge is 0.0972 e. The van der Waals surface area contributed by atoms with E-state index in [0.717, 1.165) is 36.5 Å². The van der Waals surface area contributed by atoms with Gasteiger partial charge in [0.05, 0.1) is 11.4 Å². The van der Waals surface area contributed by atoms with Crippen molar-refractivity contribution in [1.29, 1.82) is 0 Å². The van der Waals surface area contributed by atoms with Crippen LogP contribution in [-0.4, -0.2) is 21.3 Å². The lowest BCUT2D eigenvalue weighted by Crippen LogP contribution is -2.16. The second-order valence-electron chi connectivity index (χ2n) is 7.94. The molecule has 0 fully saturated rings. The van der Waals surface area contributed by atoms with Crippen LogP contribution in [0.15, 0.2) is 91.3 Å². The monoisotopic (exact) mass is 406 g/mol. The average molecular weight is 407 g/mol. The molecule has 0 atom stereocenters. The molecular formula is C27H26N4. The van der Waals surface area contributed by atoms with Gasteiger partial charge in [0.15, 0.2) is 0 Å². The van der Waals surface area contributed by atoms with Gasteiger partial charge < -0.3 is 10.3 Å². The van der Waals surface area contributed by atoms with Crippen LogP contribution in [0.4, 0.5) is 0 Å². The van der Waals surface area contributed by atoms with Crippen molar-refractivity contribution in [2.45, 2.75) is 19.9 Å². The van der Waals surface area contributed by atoms with Gasteiger partial charge in [0.25, 0.3) is 0 Å². The molecule has 5 aromatic rings. The molecule has 2 N–H and O–H groups in total. The van der Waals surface area contributed by atoms with Crippen molar-refractivity contribution >= 4 is 10.9 Å². The highest BCUT2D eigenvalue weighted by Crippen LogP contribution is 2.24. The number of benzene rings is 3. The molecule has 2 heterocycles. The van der Waals surface area contributed by atoms with Crippen molar-refractivity contribution in [1.82, 2.24) is 20.1 Å². The molecule has 0 amide bonds. The summed E-state index contributed by atoms with van der Waals surface area (Å²) in [6.45, 7) is 3.80. The van der Waals surface area contributed by atoms with Crippen LogP contribution in [0.3, 0.4) is 0 Å². The molecular weight excluding hydrogens is 380 g/mol. The van der Waals surface area contributed by atoms with Crippen LogP contribution < -0.4 is 5.32 Å². The summed E-state index contributed by atoms with van der Waals surface area (Å²) in [6, 6.07) is 27.3. The lowest BCUT2D eigenvalue weighted by molar-refractivity contribution is 0.689. The first-order valence-corrected chi connectivity index (χ1v) is 10.7. The van der Waals surface area contributed by atoms with E-state index in [1.807, 2.05) is 22.9 Å². The lowest BCUT2D eigenvalue weighted by Gasteiger charge is -2.06. The molecule has 0 saturated heterocycles. The fraction of sp³-hybridized carbons (Fsp3) is 0.148. The molecule has 0 aliphatic heterocycles. The minimum absolute atomic E-state index is 0.776. The Bertz CT molecular complexity index is 1280. The lowest BCUT2D eigenvalue weighted by atomic mass is 10.1. The van der Waals surface area contributed by atoms with Crippen LogP contribution in [0.25, 0.3) is 27.8 Å². The molecule has 3 aromatic carbocycles. The van der Waals surface area contributed by atoms with Gasteiger partial charge in [-0.25, -0.2) is 4.68 Å². The zero-order chi connectivity index (χ0) is 21.0. The predicted molar refractivity (Wildman–Crippen MR) is 127 cm³/mol. The van der Waals surface area contributed by atoms with Crippen molar-refractivity contribution in [3.05, 3.63) is 108 Å². The van der Waals surface area contributed by atoms with Crippen molar-refractivity contribution in [3.8, 4) is 16.9 Å². The molecule has 4 heteroatoms. The Labute approximate surface area is 182 Å². The van der Waals surface area contributed by atoms with Crippen LogP contribution in [0.5, 0.6) is 0 Å². The quantitative estimate of drug-likeness (QED) is 0.343. The van der Waals surface area contributed by atoms with Gasteiger partial charge in [-0.3, -0.25) is 0 Å². The minimum atomic E-state index is 0.776. The van der Waals surface area contributed by atoms with Gasteiger partial charge in [-0.15, -0.1) is 0 Å². The Balaban J connectivity index is 1.34. The first kappa shape index (κ1) is 19.3. The van der Waals surface area contributed by atoms with Crippen molar-refractivity contribution < 1.29 is 0 Å². The zero-order valence-corrected chi connectivity index (χ0v) is 17.7. The summed E-state index contributed by atoms with van der Waals surface area (Å²) >= 11 is 0. The Morgan fingerprint density at radius 1 is 0.871 bits per heavy atom. The highest BCUT2D eigenvalue weighted by molar-refractivity contribution is 5.83. The molecule has 5 rings (SSSR count). The zero-order valence-electron chi connectivity index (χ0n) is 17.7.